The maximum Gasteiger partial charge on any atom is 0.508 e. The van der Waals surface area contributed by atoms with Gasteiger partial charge in [-0.25, -0.2) is 4.79 Å². The van der Waals surface area contributed by atoms with Crippen LogP contribution in [0.1, 0.15) is 6.92 Å². The van der Waals surface area contributed by atoms with Crippen LogP contribution < -0.4 is 0 Å². The molecule has 0 amide bonds. The lowest BCUT2D eigenvalue weighted by atomic mass is 9.93. The standard InChI is InChI=1S/C13H16O5/c1-4-5-6-10(2)7-16-11(14)13(3)8-17-12(15)18-9-13/h4-6H,1-2,7-9H2,3H3/b6-5-. The van der Waals surface area contributed by atoms with Crippen LogP contribution in [0.5, 0.6) is 0 Å². The first-order valence-corrected chi connectivity index (χ1v) is 5.41. The number of hydrogen-bond acceptors (Lipinski definition) is 5. The molecule has 0 saturated carbocycles. The van der Waals surface area contributed by atoms with Crippen molar-refractivity contribution in [2.75, 3.05) is 19.8 Å². The quantitative estimate of drug-likeness (QED) is 0.553. The Hall–Kier alpha value is -2.04. The van der Waals surface area contributed by atoms with Crippen molar-refractivity contribution in [3.05, 3.63) is 37.0 Å². The van der Waals surface area contributed by atoms with Crippen molar-refractivity contribution in [1.29, 1.82) is 0 Å². The van der Waals surface area contributed by atoms with Gasteiger partial charge in [0.05, 0.1) is 0 Å². The SMILES string of the molecule is C=C/C=C\C(=C)COC(=O)C1(C)COC(=O)OC1. The topological polar surface area (TPSA) is 61.8 Å². The molecule has 0 bridgehead atoms. The normalized spacial score (nSPS) is 17.7. The summed E-state index contributed by atoms with van der Waals surface area (Å²) >= 11 is 0. The van der Waals surface area contributed by atoms with E-state index >= 15 is 0 Å². The fraction of sp³-hybridized carbons (Fsp3) is 0.385. The van der Waals surface area contributed by atoms with E-state index < -0.39 is 17.5 Å². The molecule has 18 heavy (non-hydrogen) atoms. The van der Waals surface area contributed by atoms with E-state index in [0.29, 0.717) is 5.57 Å². The lowest BCUT2D eigenvalue weighted by Gasteiger charge is -2.29. The molecule has 0 aromatic rings. The molecule has 1 saturated heterocycles. The lowest BCUT2D eigenvalue weighted by Crippen LogP contribution is -2.44. The molecule has 0 aliphatic carbocycles. The van der Waals surface area contributed by atoms with Gasteiger partial charge in [-0.15, -0.1) is 0 Å². The highest BCUT2D eigenvalue weighted by Gasteiger charge is 2.41. The maximum absolute atomic E-state index is 11.8. The Balaban J connectivity index is 2.45. The maximum atomic E-state index is 11.8. The van der Waals surface area contributed by atoms with Crippen LogP contribution in [0.2, 0.25) is 0 Å². The van der Waals surface area contributed by atoms with E-state index in [1.165, 1.54) is 0 Å². The van der Waals surface area contributed by atoms with Crippen molar-refractivity contribution >= 4 is 12.1 Å². The second-order valence-corrected chi connectivity index (χ2v) is 4.22. The highest BCUT2D eigenvalue weighted by Crippen LogP contribution is 2.24. The summed E-state index contributed by atoms with van der Waals surface area (Å²) in [6.07, 6.45) is 4.23. The van der Waals surface area contributed by atoms with E-state index in [9.17, 15) is 9.59 Å². The van der Waals surface area contributed by atoms with E-state index in [2.05, 4.69) is 22.6 Å². The third-order valence-corrected chi connectivity index (χ3v) is 2.37. The van der Waals surface area contributed by atoms with Gasteiger partial charge in [0.2, 0.25) is 0 Å². The highest BCUT2D eigenvalue weighted by molar-refractivity contribution is 5.78. The average molecular weight is 252 g/mol. The fourth-order valence-electron chi connectivity index (χ4n) is 1.22. The van der Waals surface area contributed by atoms with Gasteiger partial charge in [0, 0.05) is 0 Å². The monoisotopic (exact) mass is 252 g/mol. The third kappa shape index (κ3) is 3.76. The van der Waals surface area contributed by atoms with Gasteiger partial charge in [0.1, 0.15) is 25.2 Å². The average Bonchev–Trinajstić information content (AvgIpc) is 2.37. The molecule has 0 aromatic heterocycles. The number of cyclic esters (lactones) is 2. The van der Waals surface area contributed by atoms with Gasteiger partial charge >= 0.3 is 12.1 Å². The van der Waals surface area contributed by atoms with Crippen LogP contribution in [0.15, 0.2) is 37.0 Å². The Morgan fingerprint density at radius 1 is 1.50 bits per heavy atom. The summed E-state index contributed by atoms with van der Waals surface area (Å²) in [6.45, 7) is 8.84. The Kier molecular flexibility index (Phi) is 4.71. The molecule has 98 valence electrons. The summed E-state index contributed by atoms with van der Waals surface area (Å²) < 4.78 is 14.4. The second kappa shape index (κ2) is 6.05. The largest absolute Gasteiger partial charge is 0.508 e. The number of esters is 1. The van der Waals surface area contributed by atoms with Gasteiger partial charge in [0.25, 0.3) is 0 Å². The van der Waals surface area contributed by atoms with Crippen molar-refractivity contribution in [2.45, 2.75) is 6.92 Å². The molecule has 0 aromatic carbocycles. The summed E-state index contributed by atoms with van der Waals surface area (Å²) in [5.74, 6) is -0.483. The van der Waals surface area contributed by atoms with Crippen LogP contribution in [0.25, 0.3) is 0 Å². The first-order chi connectivity index (χ1) is 8.48. The fourth-order valence-corrected chi connectivity index (χ4v) is 1.22. The van der Waals surface area contributed by atoms with Gasteiger partial charge in [-0.2, -0.15) is 0 Å². The molecular weight excluding hydrogens is 236 g/mol. The first-order valence-electron chi connectivity index (χ1n) is 5.41. The molecule has 0 unspecified atom stereocenters. The number of carbonyl (C=O) groups is 2. The minimum atomic E-state index is -0.962. The third-order valence-electron chi connectivity index (χ3n) is 2.37. The number of rotatable bonds is 5. The Labute approximate surface area is 106 Å². The Morgan fingerprint density at radius 2 is 2.11 bits per heavy atom. The van der Waals surface area contributed by atoms with Gasteiger partial charge in [-0.05, 0) is 12.5 Å². The molecule has 1 aliphatic heterocycles. The predicted molar refractivity (Wildman–Crippen MR) is 64.8 cm³/mol. The van der Waals surface area contributed by atoms with Crippen molar-refractivity contribution < 1.29 is 23.8 Å². The van der Waals surface area contributed by atoms with E-state index in [4.69, 9.17) is 4.74 Å². The van der Waals surface area contributed by atoms with Gasteiger partial charge in [-0.3, -0.25) is 4.79 Å². The Bertz CT molecular complexity index is 384. The van der Waals surface area contributed by atoms with Crippen molar-refractivity contribution in [1.82, 2.24) is 0 Å². The second-order valence-electron chi connectivity index (χ2n) is 4.22. The van der Waals surface area contributed by atoms with E-state index in [-0.39, 0.29) is 19.8 Å². The Morgan fingerprint density at radius 3 is 2.67 bits per heavy atom. The molecule has 5 nitrogen and oxygen atoms in total. The zero-order valence-electron chi connectivity index (χ0n) is 10.3. The van der Waals surface area contributed by atoms with Crippen LogP contribution >= 0.6 is 0 Å². The van der Waals surface area contributed by atoms with E-state index in [0.717, 1.165) is 0 Å². The summed E-state index contributed by atoms with van der Waals surface area (Å²) in [4.78, 5) is 22.6. The minimum Gasteiger partial charge on any atom is -0.460 e. The van der Waals surface area contributed by atoms with Crippen LogP contribution in [-0.2, 0) is 19.0 Å². The molecule has 1 rings (SSSR count). The van der Waals surface area contributed by atoms with Crippen LogP contribution in [0.3, 0.4) is 0 Å². The first kappa shape index (κ1) is 14.0. The highest BCUT2D eigenvalue weighted by atomic mass is 16.7. The number of allylic oxidation sites excluding steroid dienone is 2. The molecule has 0 spiro atoms. The van der Waals surface area contributed by atoms with E-state index in [1.807, 2.05) is 0 Å². The van der Waals surface area contributed by atoms with Gasteiger partial charge in [0.15, 0.2) is 0 Å². The smallest absolute Gasteiger partial charge is 0.460 e. The van der Waals surface area contributed by atoms with E-state index in [1.54, 1.807) is 25.2 Å². The molecule has 1 aliphatic rings. The van der Waals surface area contributed by atoms with Crippen LogP contribution in [0.4, 0.5) is 4.79 Å². The minimum absolute atomic E-state index is 0.0420. The summed E-state index contributed by atoms with van der Waals surface area (Å²) in [6, 6.07) is 0. The van der Waals surface area contributed by atoms with Crippen molar-refractivity contribution in [2.24, 2.45) is 5.41 Å². The molecule has 0 atom stereocenters. The summed E-state index contributed by atoms with van der Waals surface area (Å²) in [5.41, 5.74) is -0.323. The molecule has 5 heteroatoms. The summed E-state index contributed by atoms with van der Waals surface area (Å²) in [5, 5.41) is 0. The molecule has 1 fully saturated rings. The number of hydrogen-bond donors (Lipinski definition) is 0. The van der Waals surface area contributed by atoms with Crippen molar-refractivity contribution in [3.8, 4) is 0 Å². The molecule has 0 N–H and O–H groups in total. The number of ether oxygens (including phenoxy) is 3. The molecular formula is C13H16O5. The van der Waals surface area contributed by atoms with Gasteiger partial charge in [-0.1, -0.05) is 31.4 Å². The predicted octanol–water partition coefficient (Wildman–Crippen LogP) is 2.00. The lowest BCUT2D eigenvalue weighted by molar-refractivity contribution is -0.164. The van der Waals surface area contributed by atoms with Gasteiger partial charge < -0.3 is 14.2 Å². The van der Waals surface area contributed by atoms with Crippen LogP contribution in [-0.4, -0.2) is 31.9 Å². The zero-order valence-corrected chi connectivity index (χ0v) is 10.3. The molecule has 1 heterocycles. The zero-order chi connectivity index (χ0) is 13.6. The molecule has 0 radical (unpaired) electrons. The number of carbonyl (C=O) groups excluding carboxylic acids is 2. The van der Waals surface area contributed by atoms with Crippen molar-refractivity contribution in [3.63, 3.8) is 0 Å². The summed E-state index contributed by atoms with van der Waals surface area (Å²) in [7, 11) is 0. The van der Waals surface area contributed by atoms with Crippen LogP contribution in [0, 0.1) is 5.41 Å².